The normalized spacial score (nSPS) is 10.8. The third kappa shape index (κ3) is 3.11. The van der Waals surface area contributed by atoms with Crippen LogP contribution in [0.4, 0.5) is 10.1 Å². The van der Waals surface area contributed by atoms with Gasteiger partial charge in [0.15, 0.2) is 0 Å². The minimum atomic E-state index is -0.243. The van der Waals surface area contributed by atoms with E-state index < -0.39 is 0 Å². The van der Waals surface area contributed by atoms with Crippen LogP contribution in [-0.4, -0.2) is 16.7 Å². The molecule has 3 aromatic rings. The lowest BCUT2D eigenvalue weighted by Crippen LogP contribution is -2.22. The number of halogens is 1. The molecule has 0 N–H and O–H groups in total. The van der Waals surface area contributed by atoms with Gasteiger partial charge in [0.05, 0.1) is 6.54 Å². The molecule has 0 saturated carbocycles. The highest BCUT2D eigenvalue weighted by atomic mass is 32.1. The summed E-state index contributed by atoms with van der Waals surface area (Å²) in [5.41, 5.74) is 1.88. The molecule has 0 unspecified atom stereocenters. The Kier molecular flexibility index (Phi) is 3.96. The van der Waals surface area contributed by atoms with Crippen molar-refractivity contribution in [3.8, 4) is 11.4 Å². The van der Waals surface area contributed by atoms with Gasteiger partial charge in [0, 0.05) is 23.2 Å². The van der Waals surface area contributed by atoms with Crippen LogP contribution in [0.3, 0.4) is 0 Å². The zero-order chi connectivity index (χ0) is 14.7. The molecule has 1 aromatic carbocycles. The molecule has 108 valence electrons. The summed E-state index contributed by atoms with van der Waals surface area (Å²) in [6.45, 7) is 3.29. The highest BCUT2D eigenvalue weighted by Gasteiger charge is 2.13. The molecule has 0 atom stereocenters. The van der Waals surface area contributed by atoms with E-state index in [4.69, 9.17) is 4.52 Å². The summed E-state index contributed by atoms with van der Waals surface area (Å²) in [4.78, 5) is 6.44. The first-order valence-electron chi connectivity index (χ1n) is 6.62. The number of rotatable bonds is 5. The Hall–Kier alpha value is -2.21. The largest absolute Gasteiger partial charge is 0.362 e. The summed E-state index contributed by atoms with van der Waals surface area (Å²) >= 11 is 1.59. The summed E-state index contributed by atoms with van der Waals surface area (Å²) in [5.74, 6) is 0.899. The molecule has 0 spiro atoms. The second-order valence-electron chi connectivity index (χ2n) is 4.51. The van der Waals surface area contributed by atoms with Crippen LogP contribution in [0.1, 0.15) is 12.8 Å². The number of aromatic nitrogens is 2. The molecule has 21 heavy (non-hydrogen) atoms. The number of benzene rings is 1. The molecule has 0 saturated heterocycles. The zero-order valence-electron chi connectivity index (χ0n) is 11.5. The van der Waals surface area contributed by atoms with Crippen LogP contribution in [0, 0.1) is 5.82 Å². The maximum atomic E-state index is 13.0. The van der Waals surface area contributed by atoms with E-state index in [0.29, 0.717) is 18.3 Å². The van der Waals surface area contributed by atoms with E-state index in [2.05, 4.69) is 10.1 Å². The lowest BCUT2D eigenvalue weighted by atomic mass is 10.2. The quantitative estimate of drug-likeness (QED) is 0.715. The van der Waals surface area contributed by atoms with E-state index in [1.54, 1.807) is 23.5 Å². The number of anilines is 1. The van der Waals surface area contributed by atoms with Gasteiger partial charge in [0.2, 0.25) is 11.7 Å². The molecule has 0 amide bonds. The first-order valence-corrected chi connectivity index (χ1v) is 7.56. The number of thiophene rings is 1. The lowest BCUT2D eigenvalue weighted by Gasteiger charge is -2.20. The van der Waals surface area contributed by atoms with Crippen molar-refractivity contribution in [1.82, 2.24) is 10.1 Å². The Morgan fingerprint density at radius 3 is 2.71 bits per heavy atom. The average molecular weight is 303 g/mol. The first kappa shape index (κ1) is 13.8. The van der Waals surface area contributed by atoms with Crippen LogP contribution in [0.2, 0.25) is 0 Å². The molecule has 0 aliphatic carbocycles. The molecule has 2 aromatic heterocycles. The van der Waals surface area contributed by atoms with Gasteiger partial charge in [-0.05, 0) is 42.6 Å². The zero-order valence-corrected chi connectivity index (χ0v) is 12.3. The summed E-state index contributed by atoms with van der Waals surface area (Å²) in [6, 6.07) is 8.34. The molecule has 3 rings (SSSR count). The van der Waals surface area contributed by atoms with Crippen molar-refractivity contribution in [3.05, 3.63) is 52.8 Å². The Morgan fingerprint density at radius 2 is 2.05 bits per heavy atom. The van der Waals surface area contributed by atoms with Gasteiger partial charge in [-0.3, -0.25) is 0 Å². The van der Waals surface area contributed by atoms with Gasteiger partial charge in [-0.1, -0.05) is 5.16 Å². The third-order valence-electron chi connectivity index (χ3n) is 3.15. The highest BCUT2D eigenvalue weighted by molar-refractivity contribution is 7.08. The summed E-state index contributed by atoms with van der Waals surface area (Å²) in [6.07, 6.45) is 0. The molecular weight excluding hydrogens is 289 g/mol. The second-order valence-corrected chi connectivity index (χ2v) is 5.29. The Bertz CT molecular complexity index is 694. The van der Waals surface area contributed by atoms with E-state index >= 15 is 0 Å². The van der Waals surface area contributed by atoms with Crippen molar-refractivity contribution in [2.75, 3.05) is 11.4 Å². The van der Waals surface area contributed by atoms with Gasteiger partial charge in [-0.15, -0.1) is 0 Å². The number of hydrogen-bond donors (Lipinski definition) is 0. The topological polar surface area (TPSA) is 42.2 Å². The number of hydrogen-bond acceptors (Lipinski definition) is 5. The fourth-order valence-electron chi connectivity index (χ4n) is 2.03. The summed E-state index contributed by atoms with van der Waals surface area (Å²) in [7, 11) is 0. The predicted octanol–water partition coefficient (Wildman–Crippen LogP) is 3.96. The summed E-state index contributed by atoms with van der Waals surface area (Å²) in [5, 5.41) is 7.94. The van der Waals surface area contributed by atoms with E-state index in [-0.39, 0.29) is 5.82 Å². The molecule has 0 aliphatic heterocycles. The molecule has 0 radical (unpaired) electrons. The monoisotopic (exact) mass is 303 g/mol. The van der Waals surface area contributed by atoms with Crippen LogP contribution < -0.4 is 4.90 Å². The minimum Gasteiger partial charge on any atom is -0.362 e. The fourth-order valence-corrected chi connectivity index (χ4v) is 2.66. The van der Waals surface area contributed by atoms with Crippen molar-refractivity contribution in [3.63, 3.8) is 0 Å². The Labute approximate surface area is 125 Å². The van der Waals surface area contributed by atoms with Gasteiger partial charge in [-0.25, -0.2) is 4.39 Å². The second kappa shape index (κ2) is 6.05. The lowest BCUT2D eigenvalue weighted by molar-refractivity contribution is 0.377. The van der Waals surface area contributed by atoms with Gasteiger partial charge in [0.1, 0.15) is 5.82 Å². The van der Waals surface area contributed by atoms with E-state index in [1.807, 2.05) is 28.7 Å². The predicted molar refractivity (Wildman–Crippen MR) is 80.7 cm³/mol. The van der Waals surface area contributed by atoms with E-state index in [0.717, 1.165) is 17.8 Å². The molecule has 0 bridgehead atoms. The number of nitrogens with zero attached hydrogens (tertiary/aromatic N) is 3. The maximum absolute atomic E-state index is 13.0. The van der Waals surface area contributed by atoms with E-state index in [1.165, 1.54) is 12.1 Å². The standard InChI is InChI=1S/C15H14FN3OS/c1-2-19(13-5-3-12(16)4-6-13)9-14-17-15(18-20-14)11-7-8-21-10-11/h3-8,10H,2,9H2,1H3. The van der Waals surface area contributed by atoms with Crippen molar-refractivity contribution in [2.45, 2.75) is 13.5 Å². The van der Waals surface area contributed by atoms with Crippen LogP contribution >= 0.6 is 11.3 Å². The first-order chi connectivity index (χ1) is 10.3. The summed E-state index contributed by atoms with van der Waals surface area (Å²) < 4.78 is 18.3. The van der Waals surface area contributed by atoms with Crippen LogP contribution in [0.25, 0.3) is 11.4 Å². The Balaban J connectivity index is 1.76. The molecule has 4 nitrogen and oxygen atoms in total. The molecular formula is C15H14FN3OS. The average Bonchev–Trinajstić information content (AvgIpc) is 3.17. The minimum absolute atomic E-state index is 0.243. The van der Waals surface area contributed by atoms with Crippen LogP contribution in [-0.2, 0) is 6.54 Å². The fraction of sp³-hybridized carbons (Fsp3) is 0.200. The molecule has 0 fully saturated rings. The van der Waals surface area contributed by atoms with Crippen molar-refractivity contribution in [1.29, 1.82) is 0 Å². The third-order valence-corrected chi connectivity index (χ3v) is 3.83. The SMILES string of the molecule is CCN(Cc1nc(-c2ccsc2)no1)c1ccc(F)cc1. The van der Waals surface area contributed by atoms with Gasteiger partial charge in [-0.2, -0.15) is 16.3 Å². The van der Waals surface area contributed by atoms with Crippen molar-refractivity contribution >= 4 is 17.0 Å². The smallest absolute Gasteiger partial charge is 0.246 e. The van der Waals surface area contributed by atoms with Gasteiger partial charge in [0.25, 0.3) is 0 Å². The van der Waals surface area contributed by atoms with Crippen molar-refractivity contribution in [2.24, 2.45) is 0 Å². The van der Waals surface area contributed by atoms with Crippen LogP contribution in [0.15, 0.2) is 45.6 Å². The molecule has 6 heteroatoms. The molecule has 0 aliphatic rings. The van der Waals surface area contributed by atoms with Crippen molar-refractivity contribution < 1.29 is 8.91 Å². The van der Waals surface area contributed by atoms with E-state index in [9.17, 15) is 4.39 Å². The Morgan fingerprint density at radius 1 is 1.24 bits per heavy atom. The highest BCUT2D eigenvalue weighted by Crippen LogP contribution is 2.21. The van der Waals surface area contributed by atoms with Crippen LogP contribution in [0.5, 0.6) is 0 Å². The molecule has 2 heterocycles. The maximum Gasteiger partial charge on any atom is 0.246 e. The van der Waals surface area contributed by atoms with Gasteiger partial charge >= 0.3 is 0 Å². The van der Waals surface area contributed by atoms with Gasteiger partial charge < -0.3 is 9.42 Å².